The summed E-state index contributed by atoms with van der Waals surface area (Å²) in [5.41, 5.74) is 0. The van der Waals surface area contributed by atoms with E-state index in [1.165, 1.54) is 20.9 Å². The van der Waals surface area contributed by atoms with Crippen LogP contribution >= 0.6 is 0 Å². The summed E-state index contributed by atoms with van der Waals surface area (Å²) >= 11 is 0.0143. The van der Waals surface area contributed by atoms with E-state index in [1.807, 2.05) is 30.3 Å². The van der Waals surface area contributed by atoms with Crippen molar-refractivity contribution in [2.24, 2.45) is 0 Å². The first-order valence-corrected chi connectivity index (χ1v) is 9.15. The molecule has 2 heteroatoms. The van der Waals surface area contributed by atoms with Gasteiger partial charge in [0.25, 0.3) is 0 Å². The fraction of sp³-hybridized carbons (Fsp3) is 0.250. The van der Waals surface area contributed by atoms with Gasteiger partial charge in [-0.3, -0.25) is 0 Å². The Morgan fingerprint density at radius 1 is 0.889 bits per heavy atom. The zero-order chi connectivity index (χ0) is 12.6. The maximum absolute atomic E-state index is 5.77. The third-order valence-corrected chi connectivity index (χ3v) is 5.70. The van der Waals surface area contributed by atoms with Crippen molar-refractivity contribution in [2.75, 3.05) is 0 Å². The van der Waals surface area contributed by atoms with Gasteiger partial charge in [0.15, 0.2) is 0 Å². The molecule has 0 spiro atoms. The number of hydrogen-bond acceptors (Lipinski definition) is 1. The summed E-state index contributed by atoms with van der Waals surface area (Å²) < 4.78 is 8.70. The van der Waals surface area contributed by atoms with Crippen molar-refractivity contribution in [3.63, 3.8) is 0 Å². The second-order valence-electron chi connectivity index (χ2n) is 4.09. The van der Waals surface area contributed by atoms with Crippen LogP contribution in [0.5, 0.6) is 11.5 Å². The third-order valence-electron chi connectivity index (χ3n) is 2.57. The Bertz CT molecular complexity index is 450. The number of benzene rings is 2. The Morgan fingerprint density at radius 3 is 2.22 bits per heavy atom. The molecule has 0 bridgehead atoms. The van der Waals surface area contributed by atoms with Gasteiger partial charge in [0.1, 0.15) is 0 Å². The molecule has 0 heterocycles. The summed E-state index contributed by atoms with van der Waals surface area (Å²) in [5, 5.41) is 0. The number of rotatable bonds is 6. The summed E-state index contributed by atoms with van der Waals surface area (Å²) in [6.45, 7) is 2.25. The first-order chi connectivity index (χ1) is 8.88. The van der Waals surface area contributed by atoms with Crippen LogP contribution < -0.4 is 8.35 Å². The molecule has 2 aromatic rings. The minimum absolute atomic E-state index is 0.0143. The average Bonchev–Trinajstić information content (AvgIpc) is 2.42. The van der Waals surface area contributed by atoms with Gasteiger partial charge in [-0.1, -0.05) is 0 Å². The van der Waals surface area contributed by atoms with E-state index in [4.69, 9.17) is 4.74 Å². The van der Waals surface area contributed by atoms with Crippen LogP contribution in [0.15, 0.2) is 54.6 Å². The fourth-order valence-corrected chi connectivity index (χ4v) is 4.41. The van der Waals surface area contributed by atoms with Gasteiger partial charge < -0.3 is 0 Å². The van der Waals surface area contributed by atoms with Crippen molar-refractivity contribution in [1.82, 2.24) is 0 Å². The standard InChI is InChI=1S/C16H18OTe/c1-2-3-13-18-16-11-9-15(10-12-16)17-14-7-5-4-6-8-14/h4-12H,2-3,13H2,1H3. The first kappa shape index (κ1) is 13.5. The van der Waals surface area contributed by atoms with E-state index in [0.29, 0.717) is 0 Å². The van der Waals surface area contributed by atoms with Gasteiger partial charge in [-0.2, -0.15) is 0 Å². The van der Waals surface area contributed by atoms with Crippen molar-refractivity contribution >= 4 is 24.5 Å². The molecule has 0 fully saturated rings. The maximum atomic E-state index is 5.77. The van der Waals surface area contributed by atoms with E-state index in [0.717, 1.165) is 11.5 Å². The second kappa shape index (κ2) is 7.46. The third kappa shape index (κ3) is 4.37. The quantitative estimate of drug-likeness (QED) is 0.563. The van der Waals surface area contributed by atoms with Crippen molar-refractivity contribution in [3.05, 3.63) is 54.6 Å². The molecule has 2 aromatic carbocycles. The van der Waals surface area contributed by atoms with Gasteiger partial charge in [0, 0.05) is 0 Å². The second-order valence-corrected chi connectivity index (χ2v) is 7.42. The normalized spacial score (nSPS) is 10.3. The van der Waals surface area contributed by atoms with Crippen LogP contribution in [-0.4, -0.2) is 20.9 Å². The van der Waals surface area contributed by atoms with Gasteiger partial charge in [-0.15, -0.1) is 0 Å². The number of unbranched alkanes of at least 4 members (excludes halogenated alkanes) is 1. The molecule has 18 heavy (non-hydrogen) atoms. The van der Waals surface area contributed by atoms with E-state index in [-0.39, 0.29) is 20.9 Å². The molecule has 0 N–H and O–H groups in total. The van der Waals surface area contributed by atoms with Gasteiger partial charge in [0.2, 0.25) is 0 Å². The van der Waals surface area contributed by atoms with Crippen LogP contribution in [0.25, 0.3) is 0 Å². The van der Waals surface area contributed by atoms with Gasteiger partial charge in [-0.25, -0.2) is 0 Å². The molecule has 94 valence electrons. The van der Waals surface area contributed by atoms with Crippen LogP contribution in [0.1, 0.15) is 19.8 Å². The average molecular weight is 354 g/mol. The van der Waals surface area contributed by atoms with Crippen molar-refractivity contribution in [1.29, 1.82) is 0 Å². The number of para-hydroxylation sites is 1. The Balaban J connectivity index is 1.91. The topological polar surface area (TPSA) is 9.23 Å². The van der Waals surface area contributed by atoms with Crippen molar-refractivity contribution in [2.45, 2.75) is 24.2 Å². The van der Waals surface area contributed by atoms with Crippen LogP contribution in [0.2, 0.25) is 4.47 Å². The van der Waals surface area contributed by atoms with Gasteiger partial charge in [-0.05, 0) is 0 Å². The molecule has 0 saturated heterocycles. The van der Waals surface area contributed by atoms with Crippen molar-refractivity contribution in [3.8, 4) is 11.5 Å². The van der Waals surface area contributed by atoms with E-state index >= 15 is 0 Å². The number of hydrogen-bond donors (Lipinski definition) is 0. The summed E-state index contributed by atoms with van der Waals surface area (Å²) in [4.78, 5) is 0. The molecule has 0 atom stereocenters. The molecule has 0 aliphatic carbocycles. The molecule has 0 unspecified atom stereocenters. The molecule has 0 radical (unpaired) electrons. The Kier molecular flexibility index (Phi) is 5.58. The summed E-state index contributed by atoms with van der Waals surface area (Å²) in [6.07, 6.45) is 2.67. The predicted molar refractivity (Wildman–Crippen MR) is 78.1 cm³/mol. The van der Waals surface area contributed by atoms with Crippen molar-refractivity contribution < 1.29 is 4.74 Å². The van der Waals surface area contributed by atoms with Gasteiger partial charge in [0.05, 0.1) is 0 Å². The van der Waals surface area contributed by atoms with Crippen LogP contribution in [0.3, 0.4) is 0 Å². The van der Waals surface area contributed by atoms with E-state index in [9.17, 15) is 0 Å². The van der Waals surface area contributed by atoms with Crippen LogP contribution in [0, 0.1) is 0 Å². The molecular weight excluding hydrogens is 336 g/mol. The Labute approximate surface area is 119 Å². The molecule has 2 rings (SSSR count). The van der Waals surface area contributed by atoms with Gasteiger partial charge >= 0.3 is 120 Å². The zero-order valence-corrected chi connectivity index (χ0v) is 13.0. The summed E-state index contributed by atoms with van der Waals surface area (Å²) in [5.74, 6) is 1.82. The van der Waals surface area contributed by atoms with Crippen LogP contribution in [-0.2, 0) is 0 Å². The molecule has 0 amide bonds. The number of ether oxygens (including phenoxy) is 1. The summed E-state index contributed by atoms with van der Waals surface area (Å²) in [7, 11) is 0. The zero-order valence-electron chi connectivity index (χ0n) is 10.6. The predicted octanol–water partition coefficient (Wildman–Crippen LogP) is 4.03. The van der Waals surface area contributed by atoms with E-state index < -0.39 is 0 Å². The first-order valence-electron chi connectivity index (χ1n) is 6.34. The fourth-order valence-electron chi connectivity index (χ4n) is 1.56. The molecule has 0 aliphatic rings. The van der Waals surface area contributed by atoms with E-state index in [1.54, 1.807) is 0 Å². The molecule has 0 aliphatic heterocycles. The van der Waals surface area contributed by atoms with E-state index in [2.05, 4.69) is 31.2 Å². The summed E-state index contributed by atoms with van der Waals surface area (Å²) in [6, 6.07) is 18.5. The molecule has 0 saturated carbocycles. The Morgan fingerprint density at radius 2 is 1.56 bits per heavy atom. The molecule has 0 aromatic heterocycles. The molecular formula is C16H18OTe. The SMILES string of the molecule is CCCC[Te]c1ccc(Oc2ccccc2)cc1. The minimum atomic E-state index is 0.0143. The monoisotopic (exact) mass is 356 g/mol. The van der Waals surface area contributed by atoms with Crippen LogP contribution in [0.4, 0.5) is 0 Å². The Hall–Kier alpha value is -0.970. The molecule has 1 nitrogen and oxygen atoms in total.